The Morgan fingerprint density at radius 1 is 1.41 bits per heavy atom. The number of hydrogen-bond acceptors (Lipinski definition) is 4. The molecule has 0 spiro atoms. The van der Waals surface area contributed by atoms with Crippen LogP contribution in [0, 0.1) is 10.5 Å². The highest BCUT2D eigenvalue weighted by Gasteiger charge is 2.10. The van der Waals surface area contributed by atoms with Crippen LogP contribution in [0.5, 0.6) is 0 Å². The van der Waals surface area contributed by atoms with Gasteiger partial charge in [-0.3, -0.25) is 0 Å². The topological polar surface area (TPSA) is 56.7 Å². The van der Waals surface area contributed by atoms with Crippen molar-refractivity contribution in [3.8, 4) is 0 Å². The van der Waals surface area contributed by atoms with E-state index < -0.39 is 0 Å². The molecule has 17 heavy (non-hydrogen) atoms. The third-order valence-electron chi connectivity index (χ3n) is 2.54. The Labute approximate surface area is 111 Å². The second kappa shape index (κ2) is 4.10. The number of imidazole rings is 1. The maximum Gasteiger partial charge on any atom is 0.213 e. The van der Waals surface area contributed by atoms with Crippen LogP contribution >= 0.6 is 22.6 Å². The second-order valence-electron chi connectivity index (χ2n) is 3.67. The zero-order valence-corrected chi connectivity index (χ0v) is 11.2. The SMILES string of the molecule is Cc1nc2ncc(I)cc2n1Cc1ncco1. The fourth-order valence-corrected chi connectivity index (χ4v) is 2.19. The quantitative estimate of drug-likeness (QED) is 0.672. The molecule has 3 aromatic heterocycles. The minimum atomic E-state index is 0.580. The number of nitrogens with zero attached hydrogens (tertiary/aromatic N) is 4. The molecule has 0 saturated heterocycles. The summed E-state index contributed by atoms with van der Waals surface area (Å²) in [5.41, 5.74) is 1.77. The van der Waals surface area contributed by atoms with Crippen LogP contribution in [-0.2, 0) is 6.54 Å². The number of aromatic nitrogens is 4. The third kappa shape index (κ3) is 1.92. The highest BCUT2D eigenvalue weighted by Crippen LogP contribution is 2.17. The summed E-state index contributed by atoms with van der Waals surface area (Å²) in [5.74, 6) is 1.58. The van der Waals surface area contributed by atoms with Crippen molar-refractivity contribution >= 4 is 33.8 Å². The highest BCUT2D eigenvalue weighted by atomic mass is 127. The smallest absolute Gasteiger partial charge is 0.213 e. The summed E-state index contributed by atoms with van der Waals surface area (Å²) in [5, 5.41) is 0. The Bertz CT molecular complexity index is 659. The fraction of sp³-hybridized carbons (Fsp3) is 0.182. The number of rotatable bonds is 2. The molecular weight excluding hydrogens is 331 g/mol. The van der Waals surface area contributed by atoms with Gasteiger partial charge in [-0.2, -0.15) is 0 Å². The lowest BCUT2D eigenvalue weighted by atomic mass is 10.4. The van der Waals surface area contributed by atoms with Crippen molar-refractivity contribution in [1.82, 2.24) is 19.5 Å². The van der Waals surface area contributed by atoms with Crippen molar-refractivity contribution in [2.24, 2.45) is 0 Å². The zero-order chi connectivity index (χ0) is 11.8. The predicted octanol–water partition coefficient (Wildman–Crippen LogP) is 2.38. The average molecular weight is 340 g/mol. The largest absolute Gasteiger partial charge is 0.447 e. The molecule has 0 saturated carbocycles. The van der Waals surface area contributed by atoms with Gasteiger partial charge in [-0.15, -0.1) is 0 Å². The molecule has 0 bridgehead atoms. The molecule has 0 radical (unpaired) electrons. The van der Waals surface area contributed by atoms with E-state index in [4.69, 9.17) is 4.42 Å². The summed E-state index contributed by atoms with van der Waals surface area (Å²) in [6.45, 7) is 2.54. The first kappa shape index (κ1) is 10.7. The van der Waals surface area contributed by atoms with Gasteiger partial charge >= 0.3 is 0 Å². The molecule has 0 aromatic carbocycles. The van der Waals surface area contributed by atoms with Gasteiger partial charge in [-0.05, 0) is 35.6 Å². The van der Waals surface area contributed by atoms with Crippen LogP contribution < -0.4 is 0 Å². The van der Waals surface area contributed by atoms with Crippen molar-refractivity contribution < 1.29 is 4.42 Å². The van der Waals surface area contributed by atoms with Crippen LogP contribution in [0.15, 0.2) is 29.1 Å². The molecule has 3 aromatic rings. The Morgan fingerprint density at radius 3 is 3.06 bits per heavy atom. The maximum absolute atomic E-state index is 5.26. The molecule has 86 valence electrons. The van der Waals surface area contributed by atoms with Crippen molar-refractivity contribution in [3.63, 3.8) is 0 Å². The molecule has 5 nitrogen and oxygen atoms in total. The van der Waals surface area contributed by atoms with E-state index in [-0.39, 0.29) is 0 Å². The molecule has 0 atom stereocenters. The van der Waals surface area contributed by atoms with Gasteiger partial charge in [0.1, 0.15) is 18.6 Å². The number of hydrogen-bond donors (Lipinski definition) is 0. The molecule has 6 heteroatoms. The lowest BCUT2D eigenvalue weighted by Gasteiger charge is -2.03. The number of fused-ring (bicyclic) bond motifs is 1. The lowest BCUT2D eigenvalue weighted by Crippen LogP contribution is -2.02. The van der Waals surface area contributed by atoms with E-state index in [1.807, 2.05) is 13.1 Å². The van der Waals surface area contributed by atoms with Gasteiger partial charge in [0.05, 0.1) is 11.7 Å². The first-order chi connectivity index (χ1) is 8.24. The highest BCUT2D eigenvalue weighted by molar-refractivity contribution is 14.1. The standard InChI is InChI=1S/C11H9IN4O/c1-7-15-11-9(4-8(12)5-14-11)16(7)6-10-13-2-3-17-10/h2-5H,6H2,1H3. The molecule has 0 amide bonds. The summed E-state index contributed by atoms with van der Waals surface area (Å²) in [4.78, 5) is 12.8. The van der Waals surface area contributed by atoms with Crippen molar-refractivity contribution in [2.75, 3.05) is 0 Å². The van der Waals surface area contributed by atoms with Crippen LogP contribution in [0.2, 0.25) is 0 Å². The third-order valence-corrected chi connectivity index (χ3v) is 3.13. The summed E-state index contributed by atoms with van der Waals surface area (Å²) >= 11 is 2.24. The lowest BCUT2D eigenvalue weighted by molar-refractivity contribution is 0.478. The van der Waals surface area contributed by atoms with E-state index in [2.05, 4.69) is 48.2 Å². The van der Waals surface area contributed by atoms with E-state index in [9.17, 15) is 0 Å². The summed E-state index contributed by atoms with van der Waals surface area (Å²) < 4.78 is 8.40. The predicted molar refractivity (Wildman–Crippen MR) is 70.6 cm³/mol. The Kier molecular flexibility index (Phi) is 2.58. The van der Waals surface area contributed by atoms with E-state index in [0.717, 1.165) is 20.6 Å². The molecule has 3 heterocycles. The van der Waals surface area contributed by atoms with Gasteiger partial charge in [-0.1, -0.05) is 0 Å². The molecule has 0 unspecified atom stereocenters. The van der Waals surface area contributed by atoms with E-state index >= 15 is 0 Å². The van der Waals surface area contributed by atoms with E-state index in [1.54, 1.807) is 12.5 Å². The van der Waals surface area contributed by atoms with Crippen molar-refractivity contribution in [2.45, 2.75) is 13.5 Å². The first-order valence-corrected chi connectivity index (χ1v) is 6.18. The van der Waals surface area contributed by atoms with Gasteiger partial charge in [-0.25, -0.2) is 15.0 Å². The van der Waals surface area contributed by atoms with Crippen LogP contribution in [0.4, 0.5) is 0 Å². The molecular formula is C11H9IN4O. The number of halogens is 1. The van der Waals surface area contributed by atoms with Gasteiger partial charge in [0, 0.05) is 9.77 Å². The van der Waals surface area contributed by atoms with E-state index in [0.29, 0.717) is 12.4 Å². The Balaban J connectivity index is 2.14. The van der Waals surface area contributed by atoms with Crippen LogP contribution in [0.25, 0.3) is 11.2 Å². The van der Waals surface area contributed by atoms with Crippen LogP contribution in [0.3, 0.4) is 0 Å². The van der Waals surface area contributed by atoms with E-state index in [1.165, 1.54) is 0 Å². The normalized spacial score (nSPS) is 11.2. The minimum absolute atomic E-state index is 0.580. The van der Waals surface area contributed by atoms with Crippen molar-refractivity contribution in [1.29, 1.82) is 0 Å². The fourth-order valence-electron chi connectivity index (χ4n) is 1.76. The molecule has 0 N–H and O–H groups in total. The first-order valence-electron chi connectivity index (χ1n) is 5.11. The van der Waals surface area contributed by atoms with Crippen molar-refractivity contribution in [3.05, 3.63) is 40.0 Å². The maximum atomic E-state index is 5.26. The summed E-state index contributed by atoms with van der Waals surface area (Å²) in [6.07, 6.45) is 5.03. The van der Waals surface area contributed by atoms with Gasteiger partial charge < -0.3 is 8.98 Å². The number of aryl methyl sites for hydroxylation is 1. The second-order valence-corrected chi connectivity index (χ2v) is 4.91. The molecule has 0 fully saturated rings. The Morgan fingerprint density at radius 2 is 2.29 bits per heavy atom. The minimum Gasteiger partial charge on any atom is -0.447 e. The molecule has 0 aliphatic rings. The van der Waals surface area contributed by atoms with Gasteiger partial charge in [0.15, 0.2) is 5.65 Å². The van der Waals surface area contributed by atoms with Crippen LogP contribution in [0.1, 0.15) is 11.7 Å². The number of oxazole rings is 1. The molecule has 0 aliphatic heterocycles. The molecule has 0 aliphatic carbocycles. The summed E-state index contributed by atoms with van der Waals surface area (Å²) in [7, 11) is 0. The summed E-state index contributed by atoms with van der Waals surface area (Å²) in [6, 6.07) is 2.06. The van der Waals surface area contributed by atoms with Crippen LogP contribution in [-0.4, -0.2) is 19.5 Å². The Hall–Kier alpha value is -1.44. The number of pyridine rings is 1. The van der Waals surface area contributed by atoms with Gasteiger partial charge in [0.2, 0.25) is 5.89 Å². The molecule has 3 rings (SSSR count). The zero-order valence-electron chi connectivity index (χ0n) is 9.09. The van der Waals surface area contributed by atoms with Gasteiger partial charge in [0.25, 0.3) is 0 Å². The monoisotopic (exact) mass is 340 g/mol. The average Bonchev–Trinajstić information content (AvgIpc) is 2.90.